The first-order chi connectivity index (χ1) is 5.37. The SMILES string of the molecule is C=COCC(F)(F)C(F)(F)CF. The summed E-state index contributed by atoms with van der Waals surface area (Å²) >= 11 is 0. The van der Waals surface area contributed by atoms with Gasteiger partial charge < -0.3 is 4.74 Å². The smallest absolute Gasteiger partial charge is 0.345 e. The molecule has 0 aliphatic heterocycles. The van der Waals surface area contributed by atoms with E-state index in [0.29, 0.717) is 6.26 Å². The number of alkyl halides is 5. The Hall–Kier alpha value is -0.810. The van der Waals surface area contributed by atoms with E-state index in [9.17, 15) is 22.0 Å². The Balaban J connectivity index is 4.26. The Morgan fingerprint density at radius 1 is 1.17 bits per heavy atom. The largest absolute Gasteiger partial charge is 0.495 e. The first-order valence-corrected chi connectivity index (χ1v) is 2.91. The second-order valence-corrected chi connectivity index (χ2v) is 2.02. The van der Waals surface area contributed by atoms with Crippen LogP contribution in [0.3, 0.4) is 0 Å². The van der Waals surface area contributed by atoms with Crippen LogP contribution in [0.1, 0.15) is 0 Å². The van der Waals surface area contributed by atoms with Crippen molar-refractivity contribution in [1.82, 2.24) is 0 Å². The monoisotopic (exact) mass is 190 g/mol. The van der Waals surface area contributed by atoms with E-state index in [-0.39, 0.29) is 0 Å². The molecule has 0 N–H and O–H groups in total. The molecule has 0 unspecified atom stereocenters. The molecule has 0 atom stereocenters. The molecule has 0 aliphatic rings. The Morgan fingerprint density at radius 2 is 1.67 bits per heavy atom. The molecule has 1 nitrogen and oxygen atoms in total. The Bertz CT molecular complexity index is 156. The predicted molar refractivity (Wildman–Crippen MR) is 32.0 cm³/mol. The van der Waals surface area contributed by atoms with E-state index in [1.54, 1.807) is 0 Å². The summed E-state index contributed by atoms with van der Waals surface area (Å²) in [4.78, 5) is 0. The molecule has 0 aromatic carbocycles. The zero-order chi connectivity index (χ0) is 9.83. The first-order valence-electron chi connectivity index (χ1n) is 2.91. The Kier molecular flexibility index (Phi) is 3.48. The highest BCUT2D eigenvalue weighted by Crippen LogP contribution is 2.34. The van der Waals surface area contributed by atoms with E-state index in [1.165, 1.54) is 0 Å². The molecule has 6 heteroatoms. The molecule has 12 heavy (non-hydrogen) atoms. The highest BCUT2D eigenvalue weighted by atomic mass is 19.3. The minimum atomic E-state index is -4.68. The van der Waals surface area contributed by atoms with Crippen LogP contribution in [-0.2, 0) is 4.74 Å². The fourth-order valence-electron chi connectivity index (χ4n) is 0.367. The summed E-state index contributed by atoms with van der Waals surface area (Å²) in [7, 11) is 0. The highest BCUT2D eigenvalue weighted by molar-refractivity contribution is 4.84. The van der Waals surface area contributed by atoms with Crippen molar-refractivity contribution in [3.05, 3.63) is 12.8 Å². The van der Waals surface area contributed by atoms with Crippen molar-refractivity contribution in [1.29, 1.82) is 0 Å². The lowest BCUT2D eigenvalue weighted by atomic mass is 10.2. The zero-order valence-electron chi connectivity index (χ0n) is 6.00. The van der Waals surface area contributed by atoms with E-state index in [0.717, 1.165) is 0 Å². The van der Waals surface area contributed by atoms with Crippen LogP contribution >= 0.6 is 0 Å². The van der Waals surface area contributed by atoms with Crippen LogP contribution in [0.5, 0.6) is 0 Å². The second kappa shape index (κ2) is 3.73. The number of hydrogen-bond acceptors (Lipinski definition) is 1. The summed E-state index contributed by atoms with van der Waals surface area (Å²) in [6.07, 6.45) is 0.586. The molecule has 0 saturated carbocycles. The minimum Gasteiger partial charge on any atom is -0.495 e. The van der Waals surface area contributed by atoms with Crippen LogP contribution in [0.25, 0.3) is 0 Å². The number of ether oxygens (including phenoxy) is 1. The van der Waals surface area contributed by atoms with Crippen molar-refractivity contribution >= 4 is 0 Å². The third-order valence-electron chi connectivity index (χ3n) is 1.09. The van der Waals surface area contributed by atoms with Crippen molar-refractivity contribution in [3.8, 4) is 0 Å². The molecule has 0 bridgehead atoms. The van der Waals surface area contributed by atoms with Gasteiger partial charge in [0, 0.05) is 0 Å². The van der Waals surface area contributed by atoms with Gasteiger partial charge in [0.1, 0.15) is 0 Å². The molecule has 72 valence electrons. The van der Waals surface area contributed by atoms with Gasteiger partial charge in [0.25, 0.3) is 0 Å². The van der Waals surface area contributed by atoms with E-state index in [2.05, 4.69) is 11.3 Å². The molecule has 0 saturated heterocycles. The molecule has 0 rings (SSSR count). The van der Waals surface area contributed by atoms with Gasteiger partial charge in [-0.3, -0.25) is 0 Å². The van der Waals surface area contributed by atoms with E-state index >= 15 is 0 Å². The summed E-state index contributed by atoms with van der Waals surface area (Å²) in [5, 5.41) is 0. The maximum atomic E-state index is 12.2. The lowest BCUT2D eigenvalue weighted by Gasteiger charge is -2.22. The maximum Gasteiger partial charge on any atom is 0.345 e. The van der Waals surface area contributed by atoms with E-state index < -0.39 is 25.1 Å². The minimum absolute atomic E-state index is 0.586. The lowest BCUT2D eigenvalue weighted by Crippen LogP contribution is -2.45. The fourth-order valence-corrected chi connectivity index (χ4v) is 0.367. The van der Waals surface area contributed by atoms with Crippen molar-refractivity contribution in [2.24, 2.45) is 0 Å². The summed E-state index contributed by atoms with van der Waals surface area (Å²) in [5.74, 6) is -9.19. The summed E-state index contributed by atoms with van der Waals surface area (Å²) in [6.45, 7) is -1.11. The summed E-state index contributed by atoms with van der Waals surface area (Å²) < 4.78 is 63.7. The number of rotatable bonds is 5. The van der Waals surface area contributed by atoms with Gasteiger partial charge >= 0.3 is 11.8 Å². The average molecular weight is 190 g/mol. The molecule has 0 heterocycles. The molecule has 0 radical (unpaired) electrons. The van der Waals surface area contributed by atoms with Gasteiger partial charge in [0.05, 0.1) is 6.26 Å². The third kappa shape index (κ3) is 2.35. The molecule has 0 spiro atoms. The summed E-state index contributed by atoms with van der Waals surface area (Å²) in [6, 6.07) is 0. The maximum absolute atomic E-state index is 12.2. The van der Waals surface area contributed by atoms with E-state index in [1.807, 2.05) is 0 Å². The normalized spacial score (nSPS) is 12.8. The van der Waals surface area contributed by atoms with E-state index in [4.69, 9.17) is 0 Å². The van der Waals surface area contributed by atoms with Crippen LogP contribution in [0.2, 0.25) is 0 Å². The quantitative estimate of drug-likeness (QED) is 0.477. The summed E-state index contributed by atoms with van der Waals surface area (Å²) in [5.41, 5.74) is 0. The average Bonchev–Trinajstić information content (AvgIpc) is 2.00. The van der Waals surface area contributed by atoms with Crippen LogP contribution in [0, 0.1) is 0 Å². The molecular formula is C6H7F5O. The van der Waals surface area contributed by atoms with Crippen molar-refractivity contribution in [2.45, 2.75) is 11.8 Å². The van der Waals surface area contributed by atoms with Gasteiger partial charge in [0.2, 0.25) is 0 Å². The molecule has 0 aromatic heterocycles. The molecule has 0 fully saturated rings. The fraction of sp³-hybridized carbons (Fsp3) is 0.667. The lowest BCUT2D eigenvalue weighted by molar-refractivity contribution is -0.231. The van der Waals surface area contributed by atoms with Crippen LogP contribution in [0.4, 0.5) is 22.0 Å². The van der Waals surface area contributed by atoms with Gasteiger partial charge in [-0.15, -0.1) is 0 Å². The predicted octanol–water partition coefficient (Wildman–Crippen LogP) is 2.39. The van der Waals surface area contributed by atoms with Gasteiger partial charge in [-0.05, 0) is 0 Å². The number of hydrogen-bond donors (Lipinski definition) is 0. The number of halogens is 5. The van der Waals surface area contributed by atoms with Crippen molar-refractivity contribution in [3.63, 3.8) is 0 Å². The topological polar surface area (TPSA) is 9.23 Å². The molecule has 0 aliphatic carbocycles. The molecule has 0 amide bonds. The molecular weight excluding hydrogens is 183 g/mol. The van der Waals surface area contributed by atoms with Crippen LogP contribution in [0.15, 0.2) is 12.8 Å². The highest BCUT2D eigenvalue weighted by Gasteiger charge is 2.56. The molecule has 0 aromatic rings. The van der Waals surface area contributed by atoms with Crippen molar-refractivity contribution < 1.29 is 26.7 Å². The van der Waals surface area contributed by atoms with Gasteiger partial charge in [-0.25, -0.2) is 4.39 Å². The van der Waals surface area contributed by atoms with Crippen LogP contribution in [-0.4, -0.2) is 25.1 Å². The Morgan fingerprint density at radius 3 is 2.00 bits per heavy atom. The van der Waals surface area contributed by atoms with Gasteiger partial charge in [-0.2, -0.15) is 17.6 Å². The Labute approximate surface area is 65.8 Å². The second-order valence-electron chi connectivity index (χ2n) is 2.02. The van der Waals surface area contributed by atoms with Gasteiger partial charge in [0.15, 0.2) is 13.3 Å². The zero-order valence-corrected chi connectivity index (χ0v) is 6.00. The standard InChI is InChI=1S/C6H7F5O/c1-2-12-4-6(10,11)5(8,9)3-7/h2H,1,3-4H2. The van der Waals surface area contributed by atoms with Crippen molar-refractivity contribution in [2.75, 3.05) is 13.3 Å². The van der Waals surface area contributed by atoms with Gasteiger partial charge in [-0.1, -0.05) is 6.58 Å². The third-order valence-corrected chi connectivity index (χ3v) is 1.09. The van der Waals surface area contributed by atoms with Crippen LogP contribution < -0.4 is 0 Å². The first kappa shape index (κ1) is 11.2.